The van der Waals surface area contributed by atoms with Crippen LogP contribution < -0.4 is 15.0 Å². The molecule has 0 spiro atoms. The average Bonchev–Trinajstić information content (AvgIpc) is 3.97. The highest BCUT2D eigenvalue weighted by atomic mass is 32.1. The fourth-order valence-corrected chi connectivity index (χ4v) is 9.34. The fraction of sp³-hybridized carbons (Fsp3) is 0.442. The molecule has 3 aliphatic heterocycles. The van der Waals surface area contributed by atoms with E-state index < -0.39 is 18.1 Å². The van der Waals surface area contributed by atoms with Gasteiger partial charge in [-0.2, -0.15) is 5.10 Å². The van der Waals surface area contributed by atoms with Crippen LogP contribution in [0.4, 0.5) is 5.69 Å². The molecule has 3 aliphatic rings. The zero-order chi connectivity index (χ0) is 40.5. The molecule has 5 aromatic rings. The number of benzene rings is 2. The van der Waals surface area contributed by atoms with Gasteiger partial charge in [-0.25, -0.2) is 4.98 Å². The molecule has 304 valence electrons. The standard InChI is InChI=1S/C43H50N8O6S/c1-25(2)40(43(55)51-23-31(52)19-36(51)42(54)45-26(3)28-9-11-29(12-10-28)41-27(4)44-24-58-41)38-21-39(48-57-38)56-18-17-49-15-16-50-30(22-49)13-14-33-35(50)20-34(47-46-33)32-7-5-6-8-37(32)53/h5-12,20-21,24-26,30-31,36,40,52-53H,13-19,22-23H2,1-4H3,(H,45,54)/t26-,30-,31+,36-,40+/m0/s1. The number of carbonyl (C=O) groups excluding carboxylic acids is 2. The minimum atomic E-state index is -0.825. The van der Waals surface area contributed by atoms with Gasteiger partial charge in [-0.05, 0) is 67.1 Å². The number of aryl methyl sites for hydroxylation is 2. The molecule has 3 aromatic heterocycles. The second-order valence-corrected chi connectivity index (χ2v) is 16.8. The van der Waals surface area contributed by atoms with Crippen molar-refractivity contribution in [2.24, 2.45) is 5.92 Å². The number of nitrogens with one attached hydrogen (secondary N) is 1. The highest BCUT2D eigenvalue weighted by Gasteiger charge is 2.43. The van der Waals surface area contributed by atoms with Crippen LogP contribution in [-0.2, 0) is 16.0 Å². The monoisotopic (exact) mass is 806 g/mol. The number of thiazole rings is 1. The molecule has 0 aliphatic carbocycles. The third kappa shape index (κ3) is 8.16. The molecule has 0 saturated carbocycles. The van der Waals surface area contributed by atoms with Crippen LogP contribution in [-0.4, -0.2) is 110 Å². The van der Waals surface area contributed by atoms with Gasteiger partial charge in [0.05, 0.1) is 45.3 Å². The third-order valence-corrected chi connectivity index (χ3v) is 12.6. The Hall–Kier alpha value is -5.38. The first-order chi connectivity index (χ1) is 28.0. The zero-order valence-corrected chi connectivity index (χ0v) is 34.1. The van der Waals surface area contributed by atoms with Crippen LogP contribution in [0.1, 0.15) is 68.3 Å². The lowest BCUT2D eigenvalue weighted by atomic mass is 9.91. The van der Waals surface area contributed by atoms with Crippen molar-refractivity contribution in [1.82, 2.24) is 35.5 Å². The van der Waals surface area contributed by atoms with E-state index in [4.69, 9.17) is 9.26 Å². The number of aromatic nitrogens is 4. The number of aliphatic hydroxyl groups is 1. The van der Waals surface area contributed by atoms with Crippen molar-refractivity contribution in [2.75, 3.05) is 44.2 Å². The number of aromatic hydroxyl groups is 1. The summed E-state index contributed by atoms with van der Waals surface area (Å²) in [5.74, 6) is -0.650. The first-order valence-electron chi connectivity index (χ1n) is 20.1. The van der Waals surface area contributed by atoms with E-state index >= 15 is 0 Å². The number of likely N-dealkylation sites (tertiary alicyclic amines) is 1. The molecule has 14 nitrogen and oxygen atoms in total. The number of aliphatic hydroxyl groups excluding tert-OH is 1. The van der Waals surface area contributed by atoms with Crippen LogP contribution in [0.15, 0.2) is 70.7 Å². The van der Waals surface area contributed by atoms with E-state index in [0.717, 1.165) is 65.6 Å². The summed E-state index contributed by atoms with van der Waals surface area (Å²) in [6.07, 6.45) is 1.15. The maximum atomic E-state index is 14.2. The number of carbonyl (C=O) groups is 2. The molecule has 15 heteroatoms. The van der Waals surface area contributed by atoms with E-state index in [0.29, 0.717) is 42.1 Å². The summed E-state index contributed by atoms with van der Waals surface area (Å²) < 4.78 is 11.8. The summed E-state index contributed by atoms with van der Waals surface area (Å²) in [6.45, 7) is 11.4. The predicted octanol–water partition coefficient (Wildman–Crippen LogP) is 5.36. The van der Waals surface area contributed by atoms with Crippen molar-refractivity contribution in [2.45, 2.75) is 77.1 Å². The average molecular weight is 807 g/mol. The minimum absolute atomic E-state index is 0.0555. The number of ether oxygens (including phenoxy) is 1. The zero-order valence-electron chi connectivity index (χ0n) is 33.2. The Bertz CT molecular complexity index is 2240. The molecule has 8 rings (SSSR count). The Balaban J connectivity index is 0.855. The van der Waals surface area contributed by atoms with E-state index in [2.05, 4.69) is 35.5 Å². The van der Waals surface area contributed by atoms with Crippen LogP contribution in [0.2, 0.25) is 0 Å². The molecular formula is C43H50N8O6S. The van der Waals surface area contributed by atoms with Crippen molar-refractivity contribution in [1.29, 1.82) is 0 Å². The largest absolute Gasteiger partial charge is 0.507 e. The van der Waals surface area contributed by atoms with E-state index in [1.807, 2.05) is 75.7 Å². The number of hydrogen-bond donors (Lipinski definition) is 3. The second kappa shape index (κ2) is 16.8. The van der Waals surface area contributed by atoms with E-state index in [-0.39, 0.29) is 42.5 Å². The molecule has 58 heavy (non-hydrogen) atoms. The molecule has 2 saturated heterocycles. The highest BCUT2D eigenvalue weighted by Crippen LogP contribution is 2.37. The number of rotatable bonds is 12. The van der Waals surface area contributed by atoms with Gasteiger partial charge in [0.25, 0.3) is 5.88 Å². The molecular weight excluding hydrogens is 757 g/mol. The van der Waals surface area contributed by atoms with Crippen molar-refractivity contribution in [3.63, 3.8) is 0 Å². The summed E-state index contributed by atoms with van der Waals surface area (Å²) in [5.41, 5.74) is 8.22. The molecule has 2 fully saturated rings. The second-order valence-electron chi connectivity index (χ2n) is 15.9. The van der Waals surface area contributed by atoms with Crippen molar-refractivity contribution >= 4 is 28.8 Å². The Morgan fingerprint density at radius 2 is 1.86 bits per heavy atom. The topological polar surface area (TPSA) is 170 Å². The number of anilines is 1. The van der Waals surface area contributed by atoms with Gasteiger partial charge >= 0.3 is 0 Å². The van der Waals surface area contributed by atoms with Crippen LogP contribution in [0.3, 0.4) is 0 Å². The van der Waals surface area contributed by atoms with Crippen LogP contribution in [0, 0.1) is 12.8 Å². The molecule has 0 bridgehead atoms. The first-order valence-corrected chi connectivity index (χ1v) is 20.9. The quantitative estimate of drug-likeness (QED) is 0.148. The molecule has 2 amide bonds. The maximum Gasteiger partial charge on any atom is 0.254 e. The Morgan fingerprint density at radius 1 is 1.05 bits per heavy atom. The maximum absolute atomic E-state index is 14.2. The number of phenolic OH excluding ortho intramolecular Hbond substituents is 1. The molecule has 0 radical (unpaired) electrons. The Kier molecular flexibility index (Phi) is 11.5. The van der Waals surface area contributed by atoms with Gasteiger partial charge in [0.2, 0.25) is 11.8 Å². The van der Waals surface area contributed by atoms with Crippen LogP contribution in [0.5, 0.6) is 11.6 Å². The van der Waals surface area contributed by atoms with E-state index in [1.54, 1.807) is 29.5 Å². The van der Waals surface area contributed by atoms with Gasteiger partial charge in [-0.3, -0.25) is 14.5 Å². The number of fused-ring (bicyclic) bond motifs is 3. The first kappa shape index (κ1) is 39.4. The number of hydrogen-bond acceptors (Lipinski definition) is 13. The smallest absolute Gasteiger partial charge is 0.254 e. The number of piperazine rings is 1. The summed E-state index contributed by atoms with van der Waals surface area (Å²) in [7, 11) is 0. The summed E-state index contributed by atoms with van der Waals surface area (Å²) >= 11 is 1.59. The van der Waals surface area contributed by atoms with Gasteiger partial charge in [0, 0.05) is 56.8 Å². The van der Waals surface area contributed by atoms with Gasteiger partial charge in [-0.1, -0.05) is 50.2 Å². The lowest BCUT2D eigenvalue weighted by molar-refractivity contribution is -0.141. The number of phenols is 1. The molecule has 3 N–H and O–H groups in total. The lowest BCUT2D eigenvalue weighted by Crippen LogP contribution is -2.55. The normalized spacial score (nSPS) is 20.4. The molecule has 2 aromatic carbocycles. The SMILES string of the molecule is Cc1ncsc1-c1ccc([C@H](C)NC(=O)[C@@H]2C[C@@H](O)CN2C(=O)[C@@H](c2cc(OCCN3CCN4c5cc(-c6ccccc6O)nnc5CC[C@H]4C3)no2)C(C)C)cc1. The number of β-amino-alcohol motifs (C(OH)–C–C–N with tert-alkyl or cyclic N) is 1. The van der Waals surface area contributed by atoms with Crippen LogP contribution in [0.25, 0.3) is 21.7 Å². The fourth-order valence-electron chi connectivity index (χ4n) is 8.53. The molecule has 0 unspecified atom stereocenters. The van der Waals surface area contributed by atoms with Crippen molar-refractivity contribution < 1.29 is 29.1 Å². The highest BCUT2D eigenvalue weighted by molar-refractivity contribution is 7.13. The summed E-state index contributed by atoms with van der Waals surface area (Å²) in [4.78, 5) is 39.6. The Labute approximate surface area is 341 Å². The van der Waals surface area contributed by atoms with Crippen LogP contribution >= 0.6 is 11.3 Å². The lowest BCUT2D eigenvalue weighted by Gasteiger charge is -2.45. The number of nitrogens with zero attached hydrogens (tertiary/aromatic N) is 7. The van der Waals surface area contributed by atoms with Gasteiger partial charge in [-0.15, -0.1) is 16.4 Å². The Morgan fingerprint density at radius 3 is 2.62 bits per heavy atom. The molecule has 5 atom stereocenters. The van der Waals surface area contributed by atoms with E-state index in [9.17, 15) is 19.8 Å². The minimum Gasteiger partial charge on any atom is -0.507 e. The number of amides is 2. The van der Waals surface area contributed by atoms with Gasteiger partial charge < -0.3 is 34.6 Å². The molecule has 6 heterocycles. The third-order valence-electron chi connectivity index (χ3n) is 11.7. The van der Waals surface area contributed by atoms with Gasteiger partial charge in [0.15, 0.2) is 5.76 Å². The summed E-state index contributed by atoms with van der Waals surface area (Å²) in [6, 6.07) is 18.1. The van der Waals surface area contributed by atoms with E-state index in [1.165, 1.54) is 4.90 Å². The predicted molar refractivity (Wildman–Crippen MR) is 220 cm³/mol. The summed E-state index contributed by atoms with van der Waals surface area (Å²) in [5, 5.41) is 37.2. The van der Waals surface area contributed by atoms with Gasteiger partial charge in [0.1, 0.15) is 24.3 Å². The number of para-hydroxylation sites is 1. The van der Waals surface area contributed by atoms with Crippen molar-refractivity contribution in [3.8, 4) is 33.3 Å². The van der Waals surface area contributed by atoms with Crippen molar-refractivity contribution in [3.05, 3.63) is 88.9 Å².